The molecule has 1 aliphatic rings. The maximum Gasteiger partial charge on any atom is 0.240 e. The highest BCUT2D eigenvalue weighted by Crippen LogP contribution is 2.30. The quantitative estimate of drug-likeness (QED) is 0.906. The number of fused-ring (bicyclic) bond motifs is 1. The summed E-state index contributed by atoms with van der Waals surface area (Å²) in [4.78, 5) is 13.4. The Kier molecular flexibility index (Phi) is 4.18. The van der Waals surface area contributed by atoms with Crippen molar-refractivity contribution in [3.63, 3.8) is 0 Å². The molecule has 8 heteroatoms. The van der Waals surface area contributed by atoms with Crippen LogP contribution in [0, 0.1) is 13.8 Å². The van der Waals surface area contributed by atoms with Crippen LogP contribution in [0.5, 0.6) is 0 Å². The summed E-state index contributed by atoms with van der Waals surface area (Å²) in [5.74, 6) is 0.558. The van der Waals surface area contributed by atoms with Gasteiger partial charge in [0.2, 0.25) is 15.9 Å². The normalized spacial score (nSPS) is 14.0. The Morgan fingerprint density at radius 3 is 2.75 bits per heavy atom. The van der Waals surface area contributed by atoms with Crippen molar-refractivity contribution in [3.05, 3.63) is 40.8 Å². The zero-order valence-electron chi connectivity index (χ0n) is 13.8. The number of nitrogens with one attached hydrogen (secondary N) is 1. The van der Waals surface area contributed by atoms with Gasteiger partial charge in [0.1, 0.15) is 5.76 Å². The molecule has 0 fully saturated rings. The number of amides is 1. The van der Waals surface area contributed by atoms with Gasteiger partial charge in [-0.3, -0.25) is 4.79 Å². The van der Waals surface area contributed by atoms with Gasteiger partial charge >= 0.3 is 0 Å². The lowest BCUT2D eigenvalue weighted by Crippen LogP contribution is -2.26. The topological polar surface area (TPSA) is 92.5 Å². The average molecular weight is 349 g/mol. The van der Waals surface area contributed by atoms with Gasteiger partial charge in [0.05, 0.1) is 10.6 Å². The highest BCUT2D eigenvalue weighted by atomic mass is 32.2. The zero-order chi connectivity index (χ0) is 17.5. The second-order valence-corrected chi connectivity index (χ2v) is 7.61. The van der Waals surface area contributed by atoms with Crippen LogP contribution < -0.4 is 9.62 Å². The first kappa shape index (κ1) is 16.7. The number of aryl methyl sites for hydroxylation is 2. The predicted molar refractivity (Wildman–Crippen MR) is 88.2 cm³/mol. The first-order valence-corrected chi connectivity index (χ1v) is 9.10. The largest absolute Gasteiger partial charge is 0.361 e. The molecule has 128 valence electrons. The highest BCUT2D eigenvalue weighted by Gasteiger charge is 2.25. The predicted octanol–water partition coefficient (Wildman–Crippen LogP) is 1.68. The molecule has 0 atom stereocenters. The third-order valence-corrected chi connectivity index (χ3v) is 5.66. The number of nitrogens with zero attached hydrogens (tertiary/aromatic N) is 2. The summed E-state index contributed by atoms with van der Waals surface area (Å²) in [6.45, 7) is 5.73. The fourth-order valence-electron chi connectivity index (χ4n) is 2.88. The Morgan fingerprint density at radius 1 is 1.38 bits per heavy atom. The van der Waals surface area contributed by atoms with E-state index in [1.807, 2.05) is 0 Å². The summed E-state index contributed by atoms with van der Waals surface area (Å²) in [6, 6.07) is 4.85. The number of sulfonamides is 1. The SMILES string of the molecule is CC(=O)N1CCc2cc(S(=O)(=O)NCc3c(C)noc3C)ccc21. The number of hydrogen-bond acceptors (Lipinski definition) is 5. The van der Waals surface area contributed by atoms with Gasteiger partial charge in [0.15, 0.2) is 0 Å². The second-order valence-electron chi connectivity index (χ2n) is 5.84. The second kappa shape index (κ2) is 6.03. The molecule has 1 aliphatic heterocycles. The molecule has 2 heterocycles. The third-order valence-electron chi connectivity index (χ3n) is 4.26. The van der Waals surface area contributed by atoms with Crippen LogP contribution in [-0.4, -0.2) is 26.0 Å². The van der Waals surface area contributed by atoms with Crippen molar-refractivity contribution in [1.29, 1.82) is 0 Å². The van der Waals surface area contributed by atoms with E-state index in [9.17, 15) is 13.2 Å². The Hall–Kier alpha value is -2.19. The molecule has 1 amide bonds. The van der Waals surface area contributed by atoms with E-state index in [0.29, 0.717) is 24.4 Å². The Bertz CT molecular complexity index is 883. The van der Waals surface area contributed by atoms with E-state index in [-0.39, 0.29) is 17.3 Å². The van der Waals surface area contributed by atoms with Gasteiger partial charge in [-0.1, -0.05) is 5.16 Å². The minimum atomic E-state index is -3.65. The van der Waals surface area contributed by atoms with E-state index in [4.69, 9.17) is 4.52 Å². The van der Waals surface area contributed by atoms with Crippen molar-refractivity contribution in [1.82, 2.24) is 9.88 Å². The molecular weight excluding hydrogens is 330 g/mol. The van der Waals surface area contributed by atoms with Crippen molar-refractivity contribution in [3.8, 4) is 0 Å². The molecule has 0 spiro atoms. The molecule has 3 rings (SSSR count). The molecule has 0 unspecified atom stereocenters. The number of carbonyl (C=O) groups is 1. The standard InChI is InChI=1S/C16H19N3O4S/c1-10-15(11(2)23-18-10)9-17-24(21,22)14-4-5-16-13(8-14)6-7-19(16)12(3)20/h4-5,8,17H,6-7,9H2,1-3H3. The van der Waals surface area contributed by atoms with Crippen LogP contribution in [0.3, 0.4) is 0 Å². The van der Waals surface area contributed by atoms with Crippen molar-refractivity contribution in [2.75, 3.05) is 11.4 Å². The molecule has 0 saturated carbocycles. The summed E-state index contributed by atoms with van der Waals surface area (Å²) in [7, 11) is -3.65. The molecule has 1 aromatic heterocycles. The summed E-state index contributed by atoms with van der Waals surface area (Å²) < 4.78 is 32.7. The monoisotopic (exact) mass is 349 g/mol. The van der Waals surface area contributed by atoms with Gasteiger partial charge in [-0.15, -0.1) is 0 Å². The van der Waals surface area contributed by atoms with E-state index < -0.39 is 10.0 Å². The Morgan fingerprint density at radius 2 is 2.12 bits per heavy atom. The first-order chi connectivity index (χ1) is 11.3. The van der Waals surface area contributed by atoms with Crippen LogP contribution in [0.15, 0.2) is 27.6 Å². The molecule has 1 aromatic carbocycles. The van der Waals surface area contributed by atoms with E-state index in [1.165, 1.54) is 13.0 Å². The number of rotatable bonds is 4. The van der Waals surface area contributed by atoms with Crippen LogP contribution in [0.1, 0.15) is 29.5 Å². The van der Waals surface area contributed by atoms with Crippen molar-refractivity contribution in [2.24, 2.45) is 0 Å². The van der Waals surface area contributed by atoms with Crippen molar-refractivity contribution in [2.45, 2.75) is 38.6 Å². The number of carbonyl (C=O) groups excluding carboxylic acids is 1. The van der Waals surface area contributed by atoms with Gasteiger partial charge in [-0.2, -0.15) is 0 Å². The molecule has 7 nitrogen and oxygen atoms in total. The van der Waals surface area contributed by atoms with E-state index in [2.05, 4.69) is 9.88 Å². The molecular formula is C16H19N3O4S. The summed E-state index contributed by atoms with van der Waals surface area (Å²) >= 11 is 0. The van der Waals surface area contributed by atoms with Crippen molar-refractivity contribution < 1.29 is 17.7 Å². The first-order valence-electron chi connectivity index (χ1n) is 7.62. The summed E-state index contributed by atoms with van der Waals surface area (Å²) in [6.07, 6.45) is 0.655. The number of anilines is 1. The summed E-state index contributed by atoms with van der Waals surface area (Å²) in [5, 5.41) is 3.81. The highest BCUT2D eigenvalue weighted by molar-refractivity contribution is 7.89. The molecule has 0 aliphatic carbocycles. The average Bonchev–Trinajstić information content (AvgIpc) is 3.08. The molecule has 1 N–H and O–H groups in total. The fourth-order valence-corrected chi connectivity index (χ4v) is 3.92. The molecule has 24 heavy (non-hydrogen) atoms. The minimum absolute atomic E-state index is 0.0408. The van der Waals surface area contributed by atoms with Crippen LogP contribution >= 0.6 is 0 Å². The lowest BCUT2D eigenvalue weighted by atomic mass is 10.2. The van der Waals surface area contributed by atoms with Crippen LogP contribution in [0.4, 0.5) is 5.69 Å². The Balaban J connectivity index is 1.82. The van der Waals surface area contributed by atoms with E-state index >= 15 is 0 Å². The zero-order valence-corrected chi connectivity index (χ0v) is 14.6. The van der Waals surface area contributed by atoms with Gasteiger partial charge in [-0.25, -0.2) is 13.1 Å². The molecule has 2 aromatic rings. The van der Waals surface area contributed by atoms with Crippen LogP contribution in [0.2, 0.25) is 0 Å². The van der Waals surface area contributed by atoms with Gasteiger partial charge in [0.25, 0.3) is 0 Å². The lowest BCUT2D eigenvalue weighted by Gasteiger charge is -2.15. The maximum atomic E-state index is 12.5. The number of aromatic nitrogens is 1. The third kappa shape index (κ3) is 2.94. The Labute approximate surface area is 140 Å². The fraction of sp³-hybridized carbons (Fsp3) is 0.375. The number of hydrogen-bond donors (Lipinski definition) is 1. The van der Waals surface area contributed by atoms with Gasteiger partial charge in [-0.05, 0) is 44.0 Å². The van der Waals surface area contributed by atoms with Crippen molar-refractivity contribution >= 4 is 21.6 Å². The van der Waals surface area contributed by atoms with Gasteiger partial charge < -0.3 is 9.42 Å². The smallest absolute Gasteiger partial charge is 0.240 e. The van der Waals surface area contributed by atoms with Gasteiger partial charge in [0, 0.05) is 31.3 Å². The number of benzene rings is 1. The lowest BCUT2D eigenvalue weighted by molar-refractivity contribution is -0.116. The minimum Gasteiger partial charge on any atom is -0.361 e. The van der Waals surface area contributed by atoms with E-state index in [1.54, 1.807) is 30.9 Å². The summed E-state index contributed by atoms with van der Waals surface area (Å²) in [5.41, 5.74) is 3.06. The molecule has 0 radical (unpaired) electrons. The molecule has 0 bridgehead atoms. The molecule has 0 saturated heterocycles. The van der Waals surface area contributed by atoms with Crippen LogP contribution in [0.25, 0.3) is 0 Å². The van der Waals surface area contributed by atoms with E-state index in [0.717, 1.165) is 16.8 Å². The van der Waals surface area contributed by atoms with Crippen LogP contribution in [-0.2, 0) is 27.8 Å². The maximum absolute atomic E-state index is 12.5.